The highest BCUT2D eigenvalue weighted by molar-refractivity contribution is 4.50. The van der Waals surface area contributed by atoms with Gasteiger partial charge in [0.05, 0.1) is 6.61 Å². The summed E-state index contributed by atoms with van der Waals surface area (Å²) in [6, 6.07) is 0.494. The van der Waals surface area contributed by atoms with E-state index in [4.69, 9.17) is 4.84 Å². The summed E-state index contributed by atoms with van der Waals surface area (Å²) in [6.45, 7) is 10.7. The zero-order valence-electron chi connectivity index (χ0n) is 13.9. The van der Waals surface area contributed by atoms with Gasteiger partial charge in [-0.1, -0.05) is 71.6 Å². The minimum atomic E-state index is 0.494. The van der Waals surface area contributed by atoms with Gasteiger partial charge in [-0.15, -0.1) is 0 Å². The third-order valence-electron chi connectivity index (χ3n) is 3.64. The molecule has 0 rings (SSSR count). The van der Waals surface area contributed by atoms with Crippen molar-refractivity contribution in [3.8, 4) is 0 Å². The third kappa shape index (κ3) is 12.7. The molecule has 0 heterocycles. The molecule has 0 aromatic rings. The molecule has 0 unspecified atom stereocenters. The maximum absolute atomic E-state index is 5.76. The van der Waals surface area contributed by atoms with E-state index >= 15 is 0 Å². The lowest BCUT2D eigenvalue weighted by molar-refractivity contribution is -0.177. The number of hydrogen-bond donors (Lipinski definition) is 0. The van der Waals surface area contributed by atoms with Crippen LogP contribution in [-0.2, 0) is 4.84 Å². The van der Waals surface area contributed by atoms with Gasteiger partial charge in [0.15, 0.2) is 0 Å². The van der Waals surface area contributed by atoms with Crippen LogP contribution in [0.4, 0.5) is 0 Å². The molecular formula is C17H37NO. The molecule has 2 nitrogen and oxygen atoms in total. The van der Waals surface area contributed by atoms with Gasteiger partial charge < -0.3 is 0 Å². The average Bonchev–Trinajstić information content (AvgIpc) is 2.40. The summed E-state index contributed by atoms with van der Waals surface area (Å²) < 4.78 is 0. The maximum atomic E-state index is 5.76. The van der Waals surface area contributed by atoms with E-state index in [9.17, 15) is 0 Å². The molecule has 0 aliphatic heterocycles. The Hall–Kier alpha value is -0.0800. The van der Waals surface area contributed by atoms with Gasteiger partial charge in [-0.3, -0.25) is 4.84 Å². The van der Waals surface area contributed by atoms with Gasteiger partial charge in [0.2, 0.25) is 0 Å². The van der Waals surface area contributed by atoms with Crippen molar-refractivity contribution >= 4 is 0 Å². The topological polar surface area (TPSA) is 12.5 Å². The first-order valence-electron chi connectivity index (χ1n) is 8.61. The fourth-order valence-corrected chi connectivity index (χ4v) is 2.38. The lowest BCUT2D eigenvalue weighted by Gasteiger charge is -2.23. The summed E-state index contributed by atoms with van der Waals surface area (Å²) in [6.07, 6.45) is 13.8. The number of hydroxylamine groups is 2. The van der Waals surface area contributed by atoms with Crippen molar-refractivity contribution in [3.63, 3.8) is 0 Å². The Kier molecular flexibility index (Phi) is 14.3. The first-order chi connectivity index (χ1) is 9.22. The fourth-order valence-electron chi connectivity index (χ4n) is 2.38. The molecule has 0 aliphatic carbocycles. The van der Waals surface area contributed by atoms with Crippen LogP contribution < -0.4 is 0 Å². The largest absolute Gasteiger partial charge is 0.299 e. The second kappa shape index (κ2) is 14.3. The van der Waals surface area contributed by atoms with E-state index in [-0.39, 0.29) is 0 Å². The van der Waals surface area contributed by atoms with Crippen molar-refractivity contribution in [2.45, 2.75) is 97.9 Å². The van der Waals surface area contributed by atoms with Gasteiger partial charge in [0, 0.05) is 12.6 Å². The van der Waals surface area contributed by atoms with Crippen LogP contribution in [0, 0.1) is 0 Å². The summed E-state index contributed by atoms with van der Waals surface area (Å²) in [5, 5.41) is 2.08. The molecule has 0 bridgehead atoms. The van der Waals surface area contributed by atoms with Crippen LogP contribution in [-0.4, -0.2) is 24.3 Å². The molecule has 0 spiro atoms. The predicted molar refractivity (Wildman–Crippen MR) is 85.3 cm³/mol. The Balaban J connectivity index is 3.14. The smallest absolute Gasteiger partial charge is 0.0685 e. The number of hydrogen-bond acceptors (Lipinski definition) is 2. The van der Waals surface area contributed by atoms with E-state index in [0.717, 1.165) is 13.2 Å². The highest BCUT2D eigenvalue weighted by atomic mass is 16.7. The van der Waals surface area contributed by atoms with E-state index in [1.807, 2.05) is 0 Å². The van der Waals surface area contributed by atoms with Gasteiger partial charge in [0.25, 0.3) is 0 Å². The molecule has 0 amide bonds. The van der Waals surface area contributed by atoms with Gasteiger partial charge in [-0.25, -0.2) is 0 Å². The molecule has 2 heteroatoms. The van der Waals surface area contributed by atoms with E-state index < -0.39 is 0 Å². The summed E-state index contributed by atoms with van der Waals surface area (Å²) in [4.78, 5) is 5.76. The van der Waals surface area contributed by atoms with Crippen LogP contribution in [0.3, 0.4) is 0 Å². The van der Waals surface area contributed by atoms with Gasteiger partial charge in [0.1, 0.15) is 0 Å². The van der Waals surface area contributed by atoms with Gasteiger partial charge in [-0.05, 0) is 20.3 Å². The maximum Gasteiger partial charge on any atom is 0.0685 e. The second-order valence-electron chi connectivity index (χ2n) is 5.84. The number of rotatable bonds is 14. The normalized spacial score (nSPS) is 11.7. The third-order valence-corrected chi connectivity index (χ3v) is 3.64. The zero-order chi connectivity index (χ0) is 14.3. The summed E-state index contributed by atoms with van der Waals surface area (Å²) >= 11 is 0. The minimum absolute atomic E-state index is 0.494. The highest BCUT2D eigenvalue weighted by Crippen LogP contribution is 2.10. The molecular weight excluding hydrogens is 234 g/mol. The summed E-state index contributed by atoms with van der Waals surface area (Å²) in [5.74, 6) is 0. The molecule has 0 aromatic carbocycles. The van der Waals surface area contributed by atoms with Crippen LogP contribution in [0.2, 0.25) is 0 Å². The molecule has 0 saturated heterocycles. The fraction of sp³-hybridized carbons (Fsp3) is 1.00. The number of nitrogens with zero attached hydrogens (tertiary/aromatic N) is 1. The SMILES string of the molecule is CCCCCCCCCCCCON(CC)C(C)C. The van der Waals surface area contributed by atoms with Crippen molar-refractivity contribution in [3.05, 3.63) is 0 Å². The van der Waals surface area contributed by atoms with Gasteiger partial charge >= 0.3 is 0 Å². The van der Waals surface area contributed by atoms with Crippen molar-refractivity contribution in [2.24, 2.45) is 0 Å². The molecule has 116 valence electrons. The molecule has 0 saturated carbocycles. The molecule has 0 aromatic heterocycles. The lowest BCUT2D eigenvalue weighted by atomic mass is 10.1. The van der Waals surface area contributed by atoms with E-state index in [2.05, 4.69) is 32.8 Å². The van der Waals surface area contributed by atoms with Crippen LogP contribution in [0.5, 0.6) is 0 Å². The summed E-state index contributed by atoms with van der Waals surface area (Å²) in [7, 11) is 0. The summed E-state index contributed by atoms with van der Waals surface area (Å²) in [5.41, 5.74) is 0. The van der Waals surface area contributed by atoms with Crippen LogP contribution >= 0.6 is 0 Å². The first kappa shape index (κ1) is 18.9. The number of unbranched alkanes of at least 4 members (excludes halogenated alkanes) is 9. The van der Waals surface area contributed by atoms with Crippen molar-refractivity contribution < 1.29 is 4.84 Å². The van der Waals surface area contributed by atoms with Crippen LogP contribution in [0.15, 0.2) is 0 Å². The lowest BCUT2D eigenvalue weighted by Crippen LogP contribution is -2.31. The van der Waals surface area contributed by atoms with Gasteiger partial charge in [-0.2, -0.15) is 5.06 Å². The van der Waals surface area contributed by atoms with Crippen LogP contribution in [0.1, 0.15) is 91.9 Å². The van der Waals surface area contributed by atoms with Crippen molar-refractivity contribution in [2.75, 3.05) is 13.2 Å². The van der Waals surface area contributed by atoms with Crippen LogP contribution in [0.25, 0.3) is 0 Å². The van der Waals surface area contributed by atoms with E-state index in [1.54, 1.807) is 0 Å². The standard InChI is InChI=1S/C17H37NO/c1-5-7-8-9-10-11-12-13-14-15-16-19-18(6-2)17(3)4/h17H,5-16H2,1-4H3. The predicted octanol–water partition coefficient (Wildman–Crippen LogP) is 5.57. The minimum Gasteiger partial charge on any atom is -0.299 e. The Morgan fingerprint density at radius 1 is 0.737 bits per heavy atom. The molecule has 0 N–H and O–H groups in total. The quantitative estimate of drug-likeness (QED) is 0.302. The molecule has 0 radical (unpaired) electrons. The average molecular weight is 271 g/mol. The highest BCUT2D eigenvalue weighted by Gasteiger charge is 2.06. The molecule has 0 atom stereocenters. The Morgan fingerprint density at radius 2 is 1.21 bits per heavy atom. The molecule has 19 heavy (non-hydrogen) atoms. The second-order valence-corrected chi connectivity index (χ2v) is 5.84. The Bertz CT molecular complexity index is 171. The monoisotopic (exact) mass is 271 g/mol. The molecule has 0 fully saturated rings. The molecule has 0 aliphatic rings. The van der Waals surface area contributed by atoms with Crippen molar-refractivity contribution in [1.29, 1.82) is 0 Å². The first-order valence-corrected chi connectivity index (χ1v) is 8.61. The Morgan fingerprint density at radius 3 is 1.63 bits per heavy atom. The van der Waals surface area contributed by atoms with E-state index in [1.165, 1.54) is 64.2 Å². The van der Waals surface area contributed by atoms with E-state index in [0.29, 0.717) is 6.04 Å². The zero-order valence-corrected chi connectivity index (χ0v) is 13.9. The Labute approximate surface area is 121 Å². The van der Waals surface area contributed by atoms with Crippen molar-refractivity contribution in [1.82, 2.24) is 5.06 Å².